The number of carboxylic acid groups (broad SMARTS) is 1. The summed E-state index contributed by atoms with van der Waals surface area (Å²) in [5, 5.41) is 24.5. The van der Waals surface area contributed by atoms with Gasteiger partial charge in [-0.3, -0.25) is 4.79 Å². The molecule has 1 aliphatic heterocycles. The van der Waals surface area contributed by atoms with E-state index in [1.165, 1.54) is 25.3 Å². The van der Waals surface area contributed by atoms with Crippen LogP contribution in [0.25, 0.3) is 0 Å². The van der Waals surface area contributed by atoms with Crippen molar-refractivity contribution >= 4 is 35.3 Å². The van der Waals surface area contributed by atoms with Gasteiger partial charge in [0.25, 0.3) is 5.91 Å². The number of nitrogens with zero attached hydrogens (tertiary/aromatic N) is 1. The summed E-state index contributed by atoms with van der Waals surface area (Å²) < 4.78 is 73.8. The fraction of sp³-hybridized carbons (Fsp3) is 0.487. The molecule has 308 valence electrons. The monoisotopic (exact) mass is 803 g/mol. The summed E-state index contributed by atoms with van der Waals surface area (Å²) in [6, 6.07) is 6.86. The molecule has 4 N–H and O–H groups in total. The molecule has 16 heteroatoms. The van der Waals surface area contributed by atoms with E-state index in [1.807, 2.05) is 41.5 Å². The maximum absolute atomic E-state index is 14.7. The zero-order valence-corrected chi connectivity index (χ0v) is 34.2. The SMILES string of the molecule is CC.CC.CC.COc1cc(C(=O)NCC(O)(C2=CCC(C(C)(C)NC(=O)OC(C)(C)C)=CC(c3ccc(F)c(Cl)c3)=N2)C(F)(F)F)ccc1OCC(=O)O. The molecular formula is C39H54ClF4N3O8. The topological polar surface area (TPSA) is 156 Å². The van der Waals surface area contributed by atoms with Crippen molar-refractivity contribution in [3.05, 3.63) is 81.8 Å². The van der Waals surface area contributed by atoms with Gasteiger partial charge >= 0.3 is 18.2 Å². The van der Waals surface area contributed by atoms with Crippen molar-refractivity contribution in [3.63, 3.8) is 0 Å². The van der Waals surface area contributed by atoms with Crippen molar-refractivity contribution in [2.45, 2.75) is 105 Å². The molecule has 0 spiro atoms. The normalized spacial score (nSPS) is 13.7. The number of methoxy groups -OCH3 is 1. The number of allylic oxidation sites excluding steroid dienone is 2. The molecule has 0 saturated carbocycles. The lowest BCUT2D eigenvalue weighted by molar-refractivity contribution is -0.241. The molecule has 0 radical (unpaired) electrons. The summed E-state index contributed by atoms with van der Waals surface area (Å²) in [4.78, 5) is 40.6. The number of hydrogen-bond acceptors (Lipinski definition) is 8. The van der Waals surface area contributed by atoms with E-state index in [0.29, 0.717) is 5.57 Å². The van der Waals surface area contributed by atoms with Gasteiger partial charge in [0.15, 0.2) is 18.1 Å². The number of benzene rings is 2. The van der Waals surface area contributed by atoms with Gasteiger partial charge in [-0.05, 0) is 89.1 Å². The van der Waals surface area contributed by atoms with Gasteiger partial charge in [-0.15, -0.1) is 0 Å². The van der Waals surface area contributed by atoms with Crippen LogP contribution in [0, 0.1) is 5.82 Å². The molecule has 1 heterocycles. The highest BCUT2D eigenvalue weighted by Crippen LogP contribution is 2.39. The van der Waals surface area contributed by atoms with Crippen LogP contribution in [0.2, 0.25) is 5.02 Å². The van der Waals surface area contributed by atoms with E-state index < -0.39 is 65.6 Å². The molecule has 1 unspecified atom stereocenters. The van der Waals surface area contributed by atoms with Gasteiger partial charge in [-0.2, -0.15) is 13.2 Å². The van der Waals surface area contributed by atoms with Crippen LogP contribution in [-0.4, -0.2) is 77.1 Å². The molecule has 2 aromatic carbocycles. The molecule has 3 rings (SSSR count). The number of aliphatic imine (C=N–C) groups is 1. The molecule has 1 aliphatic rings. The smallest absolute Gasteiger partial charge is 0.424 e. The summed E-state index contributed by atoms with van der Waals surface area (Å²) in [5.74, 6) is -3.22. The second kappa shape index (κ2) is 22.1. The number of carbonyl (C=O) groups excluding carboxylic acids is 2. The van der Waals surface area contributed by atoms with Crippen molar-refractivity contribution < 1.29 is 56.4 Å². The number of ether oxygens (including phenoxy) is 3. The Morgan fingerprint density at radius 3 is 2.04 bits per heavy atom. The summed E-state index contributed by atoms with van der Waals surface area (Å²) in [5.41, 5.74) is -6.66. The van der Waals surface area contributed by atoms with Crippen molar-refractivity contribution in [2.24, 2.45) is 4.99 Å². The first-order valence-corrected chi connectivity index (χ1v) is 18.0. The van der Waals surface area contributed by atoms with Gasteiger partial charge in [0.2, 0.25) is 5.60 Å². The minimum Gasteiger partial charge on any atom is -0.493 e. The van der Waals surface area contributed by atoms with Crippen LogP contribution in [0.1, 0.15) is 98.5 Å². The highest BCUT2D eigenvalue weighted by Gasteiger charge is 2.57. The van der Waals surface area contributed by atoms with Gasteiger partial charge in [-0.1, -0.05) is 59.2 Å². The predicted molar refractivity (Wildman–Crippen MR) is 206 cm³/mol. The first kappa shape index (κ1) is 50.4. The molecule has 0 aliphatic carbocycles. The number of nitrogens with one attached hydrogen (secondary N) is 2. The van der Waals surface area contributed by atoms with Crippen LogP contribution in [0.3, 0.4) is 0 Å². The number of halogens is 5. The molecule has 0 aromatic heterocycles. The Kier molecular flexibility index (Phi) is 20.2. The van der Waals surface area contributed by atoms with Crippen LogP contribution in [0.15, 0.2) is 64.8 Å². The van der Waals surface area contributed by atoms with E-state index in [0.717, 1.165) is 30.3 Å². The van der Waals surface area contributed by atoms with E-state index in [-0.39, 0.29) is 39.8 Å². The van der Waals surface area contributed by atoms with Gasteiger partial charge in [0.1, 0.15) is 11.4 Å². The van der Waals surface area contributed by atoms with Gasteiger partial charge in [-0.25, -0.2) is 19.0 Å². The number of alkyl carbamates (subject to hydrolysis) is 1. The molecule has 1 atom stereocenters. The molecule has 0 bridgehead atoms. The average molecular weight is 804 g/mol. The average Bonchev–Trinajstić information content (AvgIpc) is 3.36. The van der Waals surface area contributed by atoms with Crippen LogP contribution in [-0.2, 0) is 9.53 Å². The quantitative estimate of drug-likeness (QED) is 0.164. The number of hydrogen-bond donors (Lipinski definition) is 4. The maximum atomic E-state index is 14.7. The second-order valence-electron chi connectivity index (χ2n) is 12.4. The third-order valence-corrected chi connectivity index (χ3v) is 7.36. The summed E-state index contributed by atoms with van der Waals surface area (Å²) in [6.45, 7) is 18.0. The van der Waals surface area contributed by atoms with Crippen molar-refractivity contribution in [1.82, 2.24) is 10.6 Å². The Labute approximate surface area is 325 Å². The first-order chi connectivity index (χ1) is 25.6. The van der Waals surface area contributed by atoms with Crippen molar-refractivity contribution in [3.8, 4) is 11.5 Å². The number of carbonyl (C=O) groups is 3. The number of aliphatic carboxylic acids is 1. The standard InChI is InChI=1S/C33H36ClF4N3O8.3C2H6/c1-30(2,3)49-29(45)41-31(4,5)20-9-12-26(40-23(15-20)18-7-10-22(35)21(34)13-18)32(46,33(36,37)38)17-39-28(44)19-8-11-24(25(14-19)47-6)48-16-27(42)43;3*1-2/h7-8,10-15,46H,9,16-17H2,1-6H3,(H,39,44)(H,41,45)(H,42,43);3*1-2H3. The molecule has 2 aromatic rings. The van der Waals surface area contributed by atoms with Crippen LogP contribution in [0.5, 0.6) is 11.5 Å². The van der Waals surface area contributed by atoms with Crippen LogP contribution < -0.4 is 20.1 Å². The van der Waals surface area contributed by atoms with Crippen LogP contribution in [0.4, 0.5) is 22.4 Å². The Balaban J connectivity index is 0.00000462. The van der Waals surface area contributed by atoms with E-state index in [9.17, 15) is 37.1 Å². The number of amides is 2. The zero-order valence-electron chi connectivity index (χ0n) is 33.4. The summed E-state index contributed by atoms with van der Waals surface area (Å²) in [6.07, 6.45) is -4.05. The van der Waals surface area contributed by atoms with Crippen molar-refractivity contribution in [1.29, 1.82) is 0 Å². The Bertz CT molecular complexity index is 1700. The van der Waals surface area contributed by atoms with E-state index in [2.05, 4.69) is 15.6 Å². The largest absolute Gasteiger partial charge is 0.493 e. The highest BCUT2D eigenvalue weighted by atomic mass is 35.5. The third-order valence-electron chi connectivity index (χ3n) is 7.07. The van der Waals surface area contributed by atoms with Crippen LogP contribution >= 0.6 is 11.6 Å². The van der Waals surface area contributed by atoms with E-state index >= 15 is 0 Å². The summed E-state index contributed by atoms with van der Waals surface area (Å²) in [7, 11) is 1.21. The van der Waals surface area contributed by atoms with Gasteiger partial charge < -0.3 is 35.1 Å². The van der Waals surface area contributed by atoms with E-state index in [4.69, 9.17) is 30.9 Å². The minimum absolute atomic E-state index is 0.0352. The first-order valence-electron chi connectivity index (χ1n) is 17.6. The Morgan fingerprint density at radius 2 is 1.53 bits per heavy atom. The highest BCUT2D eigenvalue weighted by molar-refractivity contribution is 6.31. The maximum Gasteiger partial charge on any atom is 0.424 e. The summed E-state index contributed by atoms with van der Waals surface area (Å²) >= 11 is 5.98. The van der Waals surface area contributed by atoms with Crippen molar-refractivity contribution in [2.75, 3.05) is 20.3 Å². The molecule has 11 nitrogen and oxygen atoms in total. The van der Waals surface area contributed by atoms with E-state index in [1.54, 1.807) is 34.6 Å². The molecule has 0 saturated heterocycles. The number of alkyl halides is 3. The Hall–Kier alpha value is -4.63. The number of aliphatic hydroxyl groups is 1. The molecule has 2 amide bonds. The third kappa shape index (κ3) is 14.9. The molecular weight excluding hydrogens is 750 g/mol. The predicted octanol–water partition coefficient (Wildman–Crippen LogP) is 9.06. The number of rotatable bonds is 11. The Morgan fingerprint density at radius 1 is 0.927 bits per heavy atom. The molecule has 55 heavy (non-hydrogen) atoms. The zero-order chi connectivity index (χ0) is 42.9. The second-order valence-corrected chi connectivity index (χ2v) is 12.8. The lowest BCUT2D eigenvalue weighted by Gasteiger charge is -2.32. The minimum atomic E-state index is -5.39. The van der Waals surface area contributed by atoms with Gasteiger partial charge in [0, 0.05) is 11.1 Å². The fourth-order valence-corrected chi connectivity index (χ4v) is 4.67. The lowest BCUT2D eigenvalue weighted by atomic mass is 9.89. The number of carboxylic acids is 1. The van der Waals surface area contributed by atoms with Gasteiger partial charge in [0.05, 0.1) is 35.6 Å². The fourth-order valence-electron chi connectivity index (χ4n) is 4.49. The molecule has 0 fully saturated rings. The lowest BCUT2D eigenvalue weighted by Crippen LogP contribution is -2.54.